The summed E-state index contributed by atoms with van der Waals surface area (Å²) in [4.78, 5) is -0.230. The summed E-state index contributed by atoms with van der Waals surface area (Å²) in [6.45, 7) is 0. The Labute approximate surface area is 128 Å². The summed E-state index contributed by atoms with van der Waals surface area (Å²) in [6.07, 6.45) is 0. The van der Waals surface area contributed by atoms with Gasteiger partial charge in [-0.2, -0.15) is 0 Å². The summed E-state index contributed by atoms with van der Waals surface area (Å²) in [5.74, 6) is 0.598. The first-order chi connectivity index (χ1) is 10.2. The second-order valence-electron chi connectivity index (χ2n) is 4.35. The maximum Gasteiger partial charge on any atom is 0.261 e. The van der Waals surface area contributed by atoms with Crippen LogP contribution in [-0.4, -0.2) is 23.9 Å². The molecule has 118 valence electrons. The minimum absolute atomic E-state index is 0.0734. The lowest BCUT2D eigenvalue weighted by molar-refractivity contribution is 0.415. The lowest BCUT2D eigenvalue weighted by Crippen LogP contribution is -2.15. The van der Waals surface area contributed by atoms with Gasteiger partial charge < -0.3 is 4.74 Å². The molecule has 0 heterocycles. The van der Waals surface area contributed by atoms with E-state index in [1.54, 1.807) is 24.3 Å². The van der Waals surface area contributed by atoms with Crippen LogP contribution in [0.1, 0.15) is 0 Å². The van der Waals surface area contributed by atoms with Crippen LogP contribution in [0.25, 0.3) is 0 Å². The molecule has 0 bridgehead atoms. The topological polar surface area (TPSA) is 116 Å². The van der Waals surface area contributed by atoms with Crippen LogP contribution in [0.2, 0.25) is 0 Å². The van der Waals surface area contributed by atoms with Gasteiger partial charge in [0.25, 0.3) is 10.0 Å². The molecule has 0 fully saturated rings. The van der Waals surface area contributed by atoms with Gasteiger partial charge in [-0.15, -0.1) is 0 Å². The van der Waals surface area contributed by atoms with Crippen LogP contribution in [-0.2, 0) is 20.0 Å². The van der Waals surface area contributed by atoms with Crippen molar-refractivity contribution in [3.05, 3.63) is 48.5 Å². The van der Waals surface area contributed by atoms with Gasteiger partial charge in [0.15, 0.2) is 0 Å². The quantitative estimate of drug-likeness (QED) is 0.845. The number of anilines is 1. The molecule has 0 saturated carbocycles. The number of rotatable bonds is 5. The Morgan fingerprint density at radius 3 is 1.82 bits per heavy atom. The molecule has 2 aromatic carbocycles. The van der Waals surface area contributed by atoms with E-state index in [-0.39, 0.29) is 9.79 Å². The third-order valence-electron chi connectivity index (χ3n) is 2.80. The standard InChI is InChI=1S/C13H14N2O5S2/c1-20-11-4-2-10(3-5-11)15-22(18,19)13-8-6-12(7-9-13)21(14,16)17/h2-9,15H,1H3,(H2,14,16,17). The van der Waals surface area contributed by atoms with Crippen molar-refractivity contribution in [2.24, 2.45) is 5.14 Å². The summed E-state index contributed by atoms with van der Waals surface area (Å²) in [7, 11) is -6.18. The van der Waals surface area contributed by atoms with Crippen LogP contribution in [0, 0.1) is 0 Å². The first-order valence-electron chi connectivity index (χ1n) is 6.02. The molecule has 0 saturated heterocycles. The van der Waals surface area contributed by atoms with Crippen molar-refractivity contribution in [2.45, 2.75) is 9.79 Å². The predicted octanol–water partition coefficient (Wildman–Crippen LogP) is 1.14. The summed E-state index contributed by atoms with van der Waals surface area (Å²) in [6, 6.07) is 10.9. The molecule has 0 unspecified atom stereocenters. The van der Waals surface area contributed by atoms with Gasteiger partial charge >= 0.3 is 0 Å². The van der Waals surface area contributed by atoms with Crippen LogP contribution in [0.3, 0.4) is 0 Å². The number of nitrogens with two attached hydrogens (primary N) is 1. The van der Waals surface area contributed by atoms with Crippen LogP contribution in [0.5, 0.6) is 5.75 Å². The first kappa shape index (κ1) is 16.3. The molecular weight excluding hydrogens is 328 g/mol. The molecule has 0 spiro atoms. The van der Waals surface area contributed by atoms with Gasteiger partial charge in [0, 0.05) is 5.69 Å². The highest BCUT2D eigenvalue weighted by Crippen LogP contribution is 2.20. The van der Waals surface area contributed by atoms with Crippen molar-refractivity contribution in [3.63, 3.8) is 0 Å². The smallest absolute Gasteiger partial charge is 0.261 e. The van der Waals surface area contributed by atoms with E-state index in [0.29, 0.717) is 11.4 Å². The number of sulfonamides is 2. The fraction of sp³-hybridized carbons (Fsp3) is 0.0769. The van der Waals surface area contributed by atoms with E-state index in [1.165, 1.54) is 19.2 Å². The maximum absolute atomic E-state index is 12.2. The molecule has 9 heteroatoms. The number of nitrogens with one attached hydrogen (secondary N) is 1. The molecule has 0 aromatic heterocycles. The third kappa shape index (κ3) is 3.75. The highest BCUT2D eigenvalue weighted by Gasteiger charge is 2.16. The monoisotopic (exact) mass is 342 g/mol. The van der Waals surface area contributed by atoms with E-state index >= 15 is 0 Å². The predicted molar refractivity (Wildman–Crippen MR) is 81.6 cm³/mol. The molecule has 7 nitrogen and oxygen atoms in total. The van der Waals surface area contributed by atoms with Crippen molar-refractivity contribution in [2.75, 3.05) is 11.8 Å². The van der Waals surface area contributed by atoms with Crippen molar-refractivity contribution in [3.8, 4) is 5.75 Å². The lowest BCUT2D eigenvalue weighted by atomic mass is 10.3. The van der Waals surface area contributed by atoms with Crippen molar-refractivity contribution in [1.82, 2.24) is 0 Å². The summed E-state index contributed by atoms with van der Waals surface area (Å²) < 4.78 is 54.0. The summed E-state index contributed by atoms with van der Waals surface area (Å²) >= 11 is 0. The average Bonchev–Trinajstić information content (AvgIpc) is 2.47. The van der Waals surface area contributed by atoms with E-state index in [9.17, 15) is 16.8 Å². The molecule has 0 aliphatic carbocycles. The summed E-state index contributed by atoms with van der Waals surface area (Å²) in [5.41, 5.74) is 0.358. The van der Waals surface area contributed by atoms with Crippen molar-refractivity contribution >= 4 is 25.7 Å². The van der Waals surface area contributed by atoms with Gasteiger partial charge in [-0.25, -0.2) is 22.0 Å². The van der Waals surface area contributed by atoms with Crippen molar-refractivity contribution in [1.29, 1.82) is 0 Å². The Morgan fingerprint density at radius 1 is 0.864 bits per heavy atom. The number of primary sulfonamides is 1. The molecule has 0 aliphatic heterocycles. The molecule has 0 amide bonds. The Kier molecular flexibility index (Phi) is 4.40. The number of methoxy groups -OCH3 is 1. The van der Waals surface area contributed by atoms with Gasteiger partial charge in [0.2, 0.25) is 10.0 Å². The SMILES string of the molecule is COc1ccc(NS(=O)(=O)c2ccc(S(N)(=O)=O)cc2)cc1. The molecular formula is C13H14N2O5S2. The zero-order valence-electron chi connectivity index (χ0n) is 11.6. The fourth-order valence-electron chi connectivity index (χ4n) is 1.68. The van der Waals surface area contributed by atoms with Crippen LogP contribution < -0.4 is 14.6 Å². The second kappa shape index (κ2) is 5.95. The largest absolute Gasteiger partial charge is 0.497 e. The average molecular weight is 342 g/mol. The van der Waals surface area contributed by atoms with E-state index in [0.717, 1.165) is 12.1 Å². The van der Waals surface area contributed by atoms with E-state index in [2.05, 4.69) is 4.72 Å². The molecule has 2 aromatic rings. The molecule has 22 heavy (non-hydrogen) atoms. The third-order valence-corrected chi connectivity index (χ3v) is 5.13. The Balaban J connectivity index is 2.26. The fourth-order valence-corrected chi connectivity index (χ4v) is 3.26. The first-order valence-corrected chi connectivity index (χ1v) is 9.05. The zero-order chi connectivity index (χ0) is 16.4. The highest BCUT2D eigenvalue weighted by atomic mass is 32.2. The minimum Gasteiger partial charge on any atom is -0.497 e. The number of benzene rings is 2. The Hall–Kier alpha value is -2.10. The van der Waals surface area contributed by atoms with E-state index < -0.39 is 20.0 Å². The van der Waals surface area contributed by atoms with Gasteiger partial charge in [0.05, 0.1) is 16.9 Å². The van der Waals surface area contributed by atoms with Gasteiger partial charge in [-0.05, 0) is 48.5 Å². The molecule has 3 N–H and O–H groups in total. The van der Waals surface area contributed by atoms with Crippen molar-refractivity contribution < 1.29 is 21.6 Å². The Morgan fingerprint density at radius 2 is 1.36 bits per heavy atom. The molecule has 0 aliphatic rings. The van der Waals surface area contributed by atoms with Crippen LogP contribution in [0.4, 0.5) is 5.69 Å². The number of hydrogen-bond donors (Lipinski definition) is 2. The number of ether oxygens (including phenoxy) is 1. The molecule has 0 radical (unpaired) electrons. The van der Waals surface area contributed by atoms with E-state index in [1.807, 2.05) is 0 Å². The van der Waals surface area contributed by atoms with Crippen LogP contribution >= 0.6 is 0 Å². The Bertz CT molecular complexity index is 858. The van der Waals surface area contributed by atoms with Gasteiger partial charge in [0.1, 0.15) is 5.75 Å². The summed E-state index contributed by atoms with van der Waals surface area (Å²) in [5, 5.41) is 4.96. The van der Waals surface area contributed by atoms with Gasteiger partial charge in [-0.1, -0.05) is 0 Å². The van der Waals surface area contributed by atoms with E-state index in [4.69, 9.17) is 9.88 Å². The minimum atomic E-state index is -3.86. The van der Waals surface area contributed by atoms with Crippen LogP contribution in [0.15, 0.2) is 58.3 Å². The molecule has 2 rings (SSSR count). The molecule has 0 atom stereocenters. The zero-order valence-corrected chi connectivity index (χ0v) is 13.2. The lowest BCUT2D eigenvalue weighted by Gasteiger charge is -2.09. The van der Waals surface area contributed by atoms with Gasteiger partial charge in [-0.3, -0.25) is 4.72 Å². The highest BCUT2D eigenvalue weighted by molar-refractivity contribution is 7.92. The number of hydrogen-bond acceptors (Lipinski definition) is 5. The maximum atomic E-state index is 12.2. The second-order valence-corrected chi connectivity index (χ2v) is 7.59. The normalized spacial score (nSPS) is 11.9.